The highest BCUT2D eigenvalue weighted by molar-refractivity contribution is 7.47. The molecule has 0 amide bonds. The number of carbonyl (C=O) groups excluding carboxylic acids is 2. The van der Waals surface area contributed by atoms with E-state index in [4.69, 9.17) is 24.8 Å². The number of phosphoric ester groups is 1. The number of rotatable bonds is 45. The number of allylic oxidation sites excluding steroid dienone is 5. The maximum absolute atomic E-state index is 12.7. The lowest BCUT2D eigenvalue weighted by molar-refractivity contribution is -0.161. The van der Waals surface area contributed by atoms with Crippen molar-refractivity contribution >= 4 is 25.7 Å². The third-order valence-corrected chi connectivity index (χ3v) is 11.5. The monoisotopic (exact) mass is 886 g/mol. The first kappa shape index (κ1) is 58.7. The fourth-order valence-corrected chi connectivity index (χ4v) is 7.50. The topological polar surface area (TPSA) is 192 Å². The first-order valence-corrected chi connectivity index (χ1v) is 25.6. The summed E-state index contributed by atoms with van der Waals surface area (Å²) in [6.45, 7) is 2.60. The van der Waals surface area contributed by atoms with Crippen LogP contribution in [0.3, 0.4) is 0 Å². The van der Waals surface area contributed by atoms with E-state index in [1.807, 2.05) is 18.2 Å². The molecule has 0 saturated carbocycles. The molecule has 0 aromatic heterocycles. The van der Waals surface area contributed by atoms with Gasteiger partial charge in [0.25, 0.3) is 0 Å². The predicted octanol–water partition coefficient (Wildman–Crippen LogP) is 12.1. The van der Waals surface area contributed by atoms with Gasteiger partial charge in [0.15, 0.2) is 6.10 Å². The van der Waals surface area contributed by atoms with E-state index >= 15 is 0 Å². The predicted molar refractivity (Wildman–Crippen MR) is 246 cm³/mol. The van der Waals surface area contributed by atoms with Crippen LogP contribution in [0.5, 0.6) is 0 Å². The number of nitrogens with two attached hydrogens (primary N) is 1. The Labute approximate surface area is 370 Å². The largest absolute Gasteiger partial charge is 0.480 e. The van der Waals surface area contributed by atoms with E-state index < -0.39 is 57.2 Å². The molecule has 13 heteroatoms. The molecule has 0 bridgehead atoms. The van der Waals surface area contributed by atoms with E-state index in [0.29, 0.717) is 19.3 Å². The van der Waals surface area contributed by atoms with Crippen molar-refractivity contribution in [3.05, 3.63) is 36.5 Å². The van der Waals surface area contributed by atoms with Crippen molar-refractivity contribution in [1.82, 2.24) is 0 Å². The summed E-state index contributed by atoms with van der Waals surface area (Å²) >= 11 is 0. The summed E-state index contributed by atoms with van der Waals surface area (Å²) in [7, 11) is -4.74. The van der Waals surface area contributed by atoms with Crippen LogP contribution in [0.25, 0.3) is 0 Å². The van der Waals surface area contributed by atoms with Gasteiger partial charge < -0.3 is 30.3 Å². The highest BCUT2D eigenvalue weighted by atomic mass is 31.2. The molecule has 0 aliphatic rings. The number of carboxylic acids is 1. The van der Waals surface area contributed by atoms with Gasteiger partial charge in [0, 0.05) is 12.8 Å². The van der Waals surface area contributed by atoms with Gasteiger partial charge >= 0.3 is 25.7 Å². The zero-order chi connectivity index (χ0) is 45.1. The molecule has 0 aromatic rings. The average Bonchev–Trinajstić information content (AvgIpc) is 3.23. The van der Waals surface area contributed by atoms with E-state index in [-0.39, 0.29) is 19.4 Å². The van der Waals surface area contributed by atoms with Crippen molar-refractivity contribution in [3.8, 4) is 0 Å². The minimum atomic E-state index is -4.74. The van der Waals surface area contributed by atoms with Crippen LogP contribution in [-0.2, 0) is 37.5 Å². The number of ether oxygens (including phenoxy) is 2. The SMILES string of the molecule is CC/C=C/C/C=C/C=C/C(O)CCCCCCCC(=O)OC[C@H](COP(=O)(O)OC[C@H](N)C(=O)O)OC(=O)CCCCCCCCCCCCCCCCCCCCCCC. The first-order chi connectivity index (χ1) is 29.5. The average molecular weight is 886 g/mol. The van der Waals surface area contributed by atoms with E-state index in [9.17, 15) is 28.9 Å². The molecule has 0 heterocycles. The van der Waals surface area contributed by atoms with Crippen LogP contribution >= 0.6 is 7.82 Å². The molecule has 5 N–H and O–H groups in total. The van der Waals surface area contributed by atoms with Crippen molar-refractivity contribution < 1.29 is 52.6 Å². The molecule has 4 atom stereocenters. The van der Waals surface area contributed by atoms with Crippen LogP contribution in [0.15, 0.2) is 36.5 Å². The van der Waals surface area contributed by atoms with Crippen molar-refractivity contribution in [3.63, 3.8) is 0 Å². The van der Waals surface area contributed by atoms with Gasteiger partial charge in [-0.3, -0.25) is 23.4 Å². The van der Waals surface area contributed by atoms with Gasteiger partial charge in [-0.25, -0.2) is 4.57 Å². The highest BCUT2D eigenvalue weighted by Crippen LogP contribution is 2.43. The van der Waals surface area contributed by atoms with Gasteiger partial charge in [-0.1, -0.05) is 204 Å². The third kappa shape index (κ3) is 42.7. The number of hydrogen-bond acceptors (Lipinski definition) is 10. The Morgan fingerprint density at radius 1 is 0.590 bits per heavy atom. The summed E-state index contributed by atoms with van der Waals surface area (Å²) in [5, 5.41) is 19.0. The van der Waals surface area contributed by atoms with Crippen LogP contribution in [0.1, 0.15) is 213 Å². The Morgan fingerprint density at radius 3 is 1.54 bits per heavy atom. The van der Waals surface area contributed by atoms with Gasteiger partial charge in [-0.05, 0) is 32.1 Å². The summed E-state index contributed by atoms with van der Waals surface area (Å²) in [6, 6.07) is -1.54. The molecule has 0 fully saturated rings. The number of aliphatic carboxylic acids is 1. The van der Waals surface area contributed by atoms with Crippen LogP contribution in [0.2, 0.25) is 0 Å². The standard InChI is InChI=1S/C48H88NO11P/c1-3-5-7-9-11-12-13-14-15-16-17-18-19-20-21-22-23-24-26-30-35-39-47(52)60-44(41-58-61(55,56)59-42-45(49)48(53)54)40-57-46(51)38-34-31-27-29-33-37-43(50)36-32-28-25-10-8-6-4-2/h6,8,25,28,32,36,43-45,50H,3-5,7,9-24,26-27,29-31,33-35,37-42,49H2,1-2H3,(H,53,54)(H,55,56)/b8-6+,28-25+,36-32+/t43?,44-,45+/m1/s1. The lowest BCUT2D eigenvalue weighted by Gasteiger charge is -2.20. The number of carboxylic acid groups (broad SMARTS) is 1. The first-order valence-electron chi connectivity index (χ1n) is 24.1. The van der Waals surface area contributed by atoms with Gasteiger partial charge in [-0.15, -0.1) is 0 Å². The number of phosphoric acid groups is 1. The lowest BCUT2D eigenvalue weighted by Crippen LogP contribution is -2.34. The van der Waals surface area contributed by atoms with Gasteiger partial charge in [0.1, 0.15) is 12.6 Å². The quantitative estimate of drug-likeness (QED) is 0.0149. The molecular weight excluding hydrogens is 797 g/mol. The number of esters is 2. The zero-order valence-corrected chi connectivity index (χ0v) is 39.3. The zero-order valence-electron chi connectivity index (χ0n) is 38.4. The minimum Gasteiger partial charge on any atom is -0.480 e. The van der Waals surface area contributed by atoms with E-state index in [1.54, 1.807) is 6.08 Å². The third-order valence-electron chi connectivity index (χ3n) is 10.5. The molecule has 12 nitrogen and oxygen atoms in total. The summed E-state index contributed by atoms with van der Waals surface area (Å²) < 4.78 is 32.7. The fourth-order valence-electron chi connectivity index (χ4n) is 6.72. The lowest BCUT2D eigenvalue weighted by atomic mass is 10.0. The Hall–Kier alpha value is -2.34. The summed E-state index contributed by atoms with van der Waals surface area (Å²) in [5.41, 5.74) is 5.34. The smallest absolute Gasteiger partial charge is 0.472 e. The molecule has 0 spiro atoms. The van der Waals surface area contributed by atoms with Gasteiger partial charge in [-0.2, -0.15) is 0 Å². The van der Waals surface area contributed by atoms with Crippen molar-refractivity contribution in [2.24, 2.45) is 5.73 Å². The van der Waals surface area contributed by atoms with Crippen LogP contribution in [0, 0.1) is 0 Å². The second-order valence-electron chi connectivity index (χ2n) is 16.4. The molecule has 0 aromatic carbocycles. The summed E-state index contributed by atoms with van der Waals surface area (Å²) in [5.74, 6) is -2.46. The van der Waals surface area contributed by atoms with E-state index in [0.717, 1.165) is 57.8 Å². The number of aliphatic hydroxyl groups excluding tert-OH is 1. The highest BCUT2D eigenvalue weighted by Gasteiger charge is 2.28. The second-order valence-corrected chi connectivity index (χ2v) is 17.9. The van der Waals surface area contributed by atoms with Crippen molar-refractivity contribution in [2.75, 3.05) is 19.8 Å². The van der Waals surface area contributed by atoms with Gasteiger partial charge in [0.2, 0.25) is 0 Å². The van der Waals surface area contributed by atoms with Crippen molar-refractivity contribution in [1.29, 1.82) is 0 Å². The summed E-state index contributed by atoms with van der Waals surface area (Å²) in [6.07, 6.45) is 43.7. The number of hydrogen-bond donors (Lipinski definition) is 4. The Balaban J connectivity index is 4.31. The summed E-state index contributed by atoms with van der Waals surface area (Å²) in [4.78, 5) is 46.1. The Bertz CT molecular complexity index is 1190. The van der Waals surface area contributed by atoms with Crippen LogP contribution < -0.4 is 5.73 Å². The molecule has 61 heavy (non-hydrogen) atoms. The molecule has 0 saturated heterocycles. The number of aliphatic hydroxyl groups is 1. The fraction of sp³-hybridized carbons (Fsp3) is 0.812. The molecule has 0 aliphatic carbocycles. The second kappa shape index (κ2) is 42.9. The molecule has 2 unspecified atom stereocenters. The Kier molecular flexibility index (Phi) is 41.3. The van der Waals surface area contributed by atoms with Crippen molar-refractivity contribution in [2.45, 2.75) is 231 Å². The molecular formula is C48H88NO11P. The Morgan fingerprint density at radius 2 is 1.05 bits per heavy atom. The molecule has 356 valence electrons. The van der Waals surface area contributed by atoms with Crippen LogP contribution in [0.4, 0.5) is 0 Å². The molecule has 0 aliphatic heterocycles. The maximum Gasteiger partial charge on any atom is 0.472 e. The van der Waals surface area contributed by atoms with Gasteiger partial charge in [0.05, 0.1) is 19.3 Å². The van der Waals surface area contributed by atoms with Crippen LogP contribution in [-0.4, -0.2) is 71.1 Å². The van der Waals surface area contributed by atoms with E-state index in [2.05, 4.69) is 30.5 Å². The molecule has 0 radical (unpaired) electrons. The number of unbranched alkanes of at least 4 members (excludes halogenated alkanes) is 24. The minimum absolute atomic E-state index is 0.144. The molecule has 0 rings (SSSR count). The normalized spacial score (nSPS) is 14.4. The maximum atomic E-state index is 12.7. The number of carbonyl (C=O) groups is 3. The van der Waals surface area contributed by atoms with E-state index in [1.165, 1.54) is 109 Å².